The predicted octanol–water partition coefficient (Wildman–Crippen LogP) is 6.74. The Morgan fingerprint density at radius 2 is 1.40 bits per heavy atom. The fraction of sp³-hybridized carbons (Fsp3) is 0.0333. The zero-order chi connectivity index (χ0) is 23.2. The molecule has 0 aliphatic heterocycles. The molecule has 0 atom stereocenters. The second-order valence-corrected chi connectivity index (χ2v) is 7.69. The summed E-state index contributed by atoms with van der Waals surface area (Å²) in [5, 5.41) is 0. The van der Waals surface area contributed by atoms with Gasteiger partial charge in [0.25, 0.3) is 0 Å². The number of hydrogen-bond acceptors (Lipinski definition) is 3. The maximum absolute atomic E-state index is 4.81. The molecule has 0 aliphatic rings. The summed E-state index contributed by atoms with van der Waals surface area (Å²) in [5.41, 5.74) is 6.97. The van der Waals surface area contributed by atoms with E-state index in [4.69, 9.17) is 4.98 Å². The van der Waals surface area contributed by atoms with Crippen LogP contribution in [0.1, 0.15) is 5.69 Å². The first-order chi connectivity index (χ1) is 16.8. The van der Waals surface area contributed by atoms with E-state index < -0.39 is 0 Å². The van der Waals surface area contributed by atoms with E-state index in [1.54, 1.807) is 6.20 Å². The van der Waals surface area contributed by atoms with E-state index in [2.05, 4.69) is 38.8 Å². The summed E-state index contributed by atoms with van der Waals surface area (Å²) in [6.07, 6.45) is 3.67. The molecule has 0 amide bonds. The maximum Gasteiger partial charge on any atom is 0.0822 e. The minimum atomic E-state index is 0. The molecule has 0 fully saturated rings. The van der Waals surface area contributed by atoms with Crippen molar-refractivity contribution in [3.8, 4) is 28.3 Å². The first kappa shape index (κ1) is 24.2. The molecule has 35 heavy (non-hydrogen) atoms. The monoisotopic (exact) mass is 631 g/mol. The largest absolute Gasteiger partial charge is 0.332 e. The number of pyridine rings is 2. The summed E-state index contributed by atoms with van der Waals surface area (Å²) in [4.78, 5) is 13.5. The number of benzene rings is 3. The number of hydrogen-bond donors (Lipinski definition) is 0. The summed E-state index contributed by atoms with van der Waals surface area (Å²) in [6.45, 7) is 1.98. The van der Waals surface area contributed by atoms with E-state index in [-0.39, 0.29) is 20.1 Å². The number of aromatic nitrogens is 4. The molecule has 1 radical (unpaired) electrons. The molecule has 0 saturated heterocycles. The summed E-state index contributed by atoms with van der Waals surface area (Å²) in [6, 6.07) is 40.2. The fourth-order valence-corrected chi connectivity index (χ4v) is 3.70. The Morgan fingerprint density at radius 3 is 2.06 bits per heavy atom. The number of para-hydroxylation sites is 1. The number of imidazole rings is 1. The summed E-state index contributed by atoms with van der Waals surface area (Å²) in [5.74, 6) is 0.884. The van der Waals surface area contributed by atoms with Gasteiger partial charge in [0, 0.05) is 37.7 Å². The maximum atomic E-state index is 4.81. The third-order valence-corrected chi connectivity index (χ3v) is 5.29. The van der Waals surface area contributed by atoms with Crippen LogP contribution < -0.4 is 0 Å². The van der Waals surface area contributed by atoms with E-state index in [1.165, 1.54) is 0 Å². The van der Waals surface area contributed by atoms with Crippen LogP contribution in [0.15, 0.2) is 116 Å². The van der Waals surface area contributed by atoms with Crippen LogP contribution in [0, 0.1) is 19.1 Å². The molecule has 0 N–H and O–H groups in total. The van der Waals surface area contributed by atoms with Gasteiger partial charge in [0.15, 0.2) is 0 Å². The zero-order valence-electron chi connectivity index (χ0n) is 19.1. The van der Waals surface area contributed by atoms with Crippen molar-refractivity contribution in [1.82, 2.24) is 19.5 Å². The molecule has 0 saturated carbocycles. The molecule has 3 aromatic heterocycles. The first-order valence-corrected chi connectivity index (χ1v) is 11.1. The van der Waals surface area contributed by atoms with Crippen LogP contribution >= 0.6 is 0 Å². The normalized spacial score (nSPS) is 10.2. The van der Waals surface area contributed by atoms with E-state index in [1.807, 2.05) is 104 Å². The number of rotatable bonds is 3. The topological polar surface area (TPSA) is 43.6 Å². The summed E-state index contributed by atoms with van der Waals surface area (Å²) < 4.78 is 2.13. The van der Waals surface area contributed by atoms with Gasteiger partial charge in [-0.2, -0.15) is 0 Å². The van der Waals surface area contributed by atoms with E-state index in [0.29, 0.717) is 0 Å². The number of nitrogens with zero attached hydrogens (tertiary/aromatic N) is 4. The number of aryl methyl sites for hydroxylation is 1. The molecule has 0 unspecified atom stereocenters. The van der Waals surface area contributed by atoms with Crippen LogP contribution in [0.5, 0.6) is 0 Å². The minimum absolute atomic E-state index is 0. The van der Waals surface area contributed by atoms with Crippen molar-refractivity contribution in [1.29, 1.82) is 0 Å². The number of fused-ring (bicyclic) bond motifs is 1. The molecule has 6 rings (SSSR count). The Morgan fingerprint density at radius 1 is 0.714 bits per heavy atom. The van der Waals surface area contributed by atoms with E-state index in [0.717, 1.165) is 45.1 Å². The standard InChI is InChI=1S/C19H14N3.C11H8N.Ir/c1-14-12-17-18(13-20-14)22(16-10-6-3-7-11-16)19(21-17)15-8-4-2-5-9-15;1-2-6-10(7-3-1)11-8-4-5-9-12-11;/h2-8,10-13H,1H3;1-6,8-9H;/q2*-1;. The SMILES string of the molecule is Cc1cc2nc(-c3[c-]cccc3)n(-c3ccccc3)c2cn1.[Ir].[c-]1ccccc1-c1ccccn1. The smallest absolute Gasteiger partial charge is 0.0822 e. The Balaban J connectivity index is 0.000000189. The van der Waals surface area contributed by atoms with Crippen molar-refractivity contribution in [2.45, 2.75) is 6.92 Å². The van der Waals surface area contributed by atoms with Gasteiger partial charge in [0.2, 0.25) is 0 Å². The van der Waals surface area contributed by atoms with Crippen LogP contribution in [0.4, 0.5) is 0 Å². The minimum Gasteiger partial charge on any atom is -0.332 e. The van der Waals surface area contributed by atoms with Gasteiger partial charge >= 0.3 is 0 Å². The average Bonchev–Trinajstić information content (AvgIpc) is 3.30. The predicted molar refractivity (Wildman–Crippen MR) is 136 cm³/mol. The van der Waals surface area contributed by atoms with Crippen molar-refractivity contribution in [2.75, 3.05) is 0 Å². The van der Waals surface area contributed by atoms with Gasteiger partial charge in [-0.1, -0.05) is 30.3 Å². The van der Waals surface area contributed by atoms with Crippen LogP contribution in [-0.2, 0) is 20.1 Å². The van der Waals surface area contributed by atoms with Crippen LogP contribution in [-0.4, -0.2) is 19.5 Å². The Labute approximate surface area is 218 Å². The van der Waals surface area contributed by atoms with Crippen LogP contribution in [0.3, 0.4) is 0 Å². The Bertz CT molecular complexity index is 1450. The second-order valence-electron chi connectivity index (χ2n) is 7.69. The van der Waals surface area contributed by atoms with Crippen molar-refractivity contribution in [3.05, 3.63) is 133 Å². The molecule has 0 bridgehead atoms. The molecule has 3 aromatic carbocycles. The molecule has 3 heterocycles. The molecule has 173 valence electrons. The molecule has 0 aliphatic carbocycles. The van der Waals surface area contributed by atoms with E-state index in [9.17, 15) is 0 Å². The van der Waals surface area contributed by atoms with E-state index >= 15 is 0 Å². The molecule has 6 aromatic rings. The first-order valence-electron chi connectivity index (χ1n) is 11.1. The van der Waals surface area contributed by atoms with Gasteiger partial charge in [-0.15, -0.1) is 71.8 Å². The van der Waals surface area contributed by atoms with Gasteiger partial charge < -0.3 is 9.55 Å². The average molecular weight is 631 g/mol. The van der Waals surface area contributed by atoms with Crippen molar-refractivity contribution in [2.24, 2.45) is 0 Å². The van der Waals surface area contributed by atoms with Crippen LogP contribution in [0.25, 0.3) is 39.4 Å². The second kappa shape index (κ2) is 11.5. The third-order valence-electron chi connectivity index (χ3n) is 5.29. The van der Waals surface area contributed by atoms with Crippen LogP contribution in [0.2, 0.25) is 0 Å². The molecule has 0 spiro atoms. The zero-order valence-corrected chi connectivity index (χ0v) is 21.5. The van der Waals surface area contributed by atoms with Gasteiger partial charge in [0.05, 0.1) is 23.1 Å². The third kappa shape index (κ3) is 5.60. The molecule has 4 nitrogen and oxygen atoms in total. The quantitative estimate of drug-likeness (QED) is 0.204. The summed E-state index contributed by atoms with van der Waals surface area (Å²) in [7, 11) is 0. The molecular weight excluding hydrogens is 609 g/mol. The van der Waals surface area contributed by atoms with Gasteiger partial charge in [-0.25, -0.2) is 0 Å². The van der Waals surface area contributed by atoms with Crippen molar-refractivity contribution in [3.63, 3.8) is 0 Å². The Hall–Kier alpha value is -3.92. The molecule has 5 heteroatoms. The Kier molecular flexibility index (Phi) is 7.94. The van der Waals surface area contributed by atoms with Crippen molar-refractivity contribution < 1.29 is 20.1 Å². The van der Waals surface area contributed by atoms with Gasteiger partial charge in [0.1, 0.15) is 0 Å². The van der Waals surface area contributed by atoms with Gasteiger partial charge in [-0.05, 0) is 36.9 Å². The molecular formula is C30H22IrN4-2. The summed E-state index contributed by atoms with van der Waals surface area (Å²) >= 11 is 0. The van der Waals surface area contributed by atoms with Gasteiger partial charge in [-0.3, -0.25) is 9.97 Å². The van der Waals surface area contributed by atoms with Crippen molar-refractivity contribution >= 4 is 11.0 Å². The fourth-order valence-electron chi connectivity index (χ4n) is 3.70.